The monoisotopic (exact) mass is 465 g/mol. The normalized spacial score (nSPS) is 23.4. The number of nitrogens with zero attached hydrogens (tertiary/aromatic N) is 2. The third-order valence-corrected chi connectivity index (χ3v) is 6.97. The summed E-state index contributed by atoms with van der Waals surface area (Å²) in [7, 11) is 1.59. The molecule has 2 saturated heterocycles. The second-order valence-corrected chi connectivity index (χ2v) is 9.57. The lowest BCUT2D eigenvalue weighted by atomic mass is 9.95. The summed E-state index contributed by atoms with van der Waals surface area (Å²) in [5, 5.41) is 3.08. The second kappa shape index (κ2) is 9.95. The van der Waals surface area contributed by atoms with E-state index in [4.69, 9.17) is 0 Å². The fourth-order valence-corrected chi connectivity index (χ4v) is 4.88. The fraction of sp³-hybridized carbons (Fsp3) is 0.444. The van der Waals surface area contributed by atoms with Crippen LogP contribution in [0.2, 0.25) is 0 Å². The number of likely N-dealkylation sites (tertiary alicyclic amines) is 2. The Morgan fingerprint density at radius 1 is 0.971 bits per heavy atom. The summed E-state index contributed by atoms with van der Waals surface area (Å²) < 4.78 is 14.5. The molecule has 3 amide bonds. The Morgan fingerprint density at radius 2 is 1.59 bits per heavy atom. The van der Waals surface area contributed by atoms with Crippen LogP contribution in [0.15, 0.2) is 54.6 Å². The molecule has 2 aromatic rings. The van der Waals surface area contributed by atoms with Crippen molar-refractivity contribution in [2.45, 2.75) is 63.3 Å². The zero-order chi connectivity index (χ0) is 24.4. The summed E-state index contributed by atoms with van der Waals surface area (Å²) in [5.74, 6) is -0.461. The quantitative estimate of drug-likeness (QED) is 0.709. The molecule has 34 heavy (non-hydrogen) atoms. The largest absolute Gasteiger partial charge is 0.343 e. The van der Waals surface area contributed by atoms with Crippen LogP contribution in [0, 0.1) is 0 Å². The third kappa shape index (κ3) is 4.83. The van der Waals surface area contributed by atoms with Crippen LogP contribution >= 0.6 is 0 Å². The van der Waals surface area contributed by atoms with Gasteiger partial charge in [0.25, 0.3) is 0 Å². The van der Waals surface area contributed by atoms with E-state index in [1.54, 1.807) is 7.05 Å². The molecule has 2 aliphatic rings. The molecule has 4 atom stereocenters. The van der Waals surface area contributed by atoms with Gasteiger partial charge in [-0.1, -0.05) is 68.4 Å². The first-order valence-electron chi connectivity index (χ1n) is 11.9. The lowest BCUT2D eigenvalue weighted by molar-refractivity contribution is -0.144. The predicted octanol–water partition coefficient (Wildman–Crippen LogP) is 3.58. The molecule has 180 valence electrons. The highest BCUT2D eigenvalue weighted by Crippen LogP contribution is 2.29. The fourth-order valence-electron chi connectivity index (χ4n) is 4.88. The van der Waals surface area contributed by atoms with Crippen molar-refractivity contribution in [3.05, 3.63) is 71.3 Å². The van der Waals surface area contributed by atoms with E-state index in [2.05, 4.69) is 31.3 Å². The molecule has 2 aromatic carbocycles. The molecule has 0 saturated carbocycles. The number of rotatable bonds is 6. The van der Waals surface area contributed by atoms with Crippen molar-refractivity contribution in [2.24, 2.45) is 0 Å². The van der Waals surface area contributed by atoms with E-state index in [-0.39, 0.29) is 30.7 Å². The van der Waals surface area contributed by atoms with E-state index in [0.717, 1.165) is 11.1 Å². The number of carbonyl (C=O) groups excluding carboxylic acids is 3. The van der Waals surface area contributed by atoms with E-state index in [9.17, 15) is 18.8 Å². The smallest absolute Gasteiger partial charge is 0.246 e. The van der Waals surface area contributed by atoms with Crippen molar-refractivity contribution in [3.63, 3.8) is 0 Å². The van der Waals surface area contributed by atoms with E-state index in [1.165, 1.54) is 15.4 Å². The van der Waals surface area contributed by atoms with Gasteiger partial charge in [-0.2, -0.15) is 0 Å². The maximum absolute atomic E-state index is 14.5. The van der Waals surface area contributed by atoms with Gasteiger partial charge < -0.3 is 15.1 Å². The highest BCUT2D eigenvalue weighted by molar-refractivity contribution is 5.94. The number of halogens is 1. The standard InChI is InChI=1S/C27H32FN3O3/c1-17(2)18-9-11-20(12-10-18)25(19-7-5-4-6-8-19)29-26(33)23-15-21(28)16-31(23)27(34)22-13-14-24(32)30(22)3/h4-12,17,21-23,25H,13-16H2,1-3H3,(H,29,33). The van der Waals surface area contributed by atoms with Crippen LogP contribution in [-0.2, 0) is 14.4 Å². The second-order valence-electron chi connectivity index (χ2n) is 9.57. The Labute approximate surface area is 200 Å². The number of hydrogen-bond donors (Lipinski definition) is 1. The Balaban J connectivity index is 1.57. The average molecular weight is 466 g/mol. The summed E-state index contributed by atoms with van der Waals surface area (Å²) in [6, 6.07) is 15.7. The molecule has 0 bridgehead atoms. The van der Waals surface area contributed by atoms with Gasteiger partial charge in [0.05, 0.1) is 12.6 Å². The Morgan fingerprint density at radius 3 is 2.18 bits per heavy atom. The Bertz CT molecular complexity index is 1040. The van der Waals surface area contributed by atoms with Gasteiger partial charge in [-0.15, -0.1) is 0 Å². The van der Waals surface area contributed by atoms with Gasteiger partial charge in [0.2, 0.25) is 17.7 Å². The predicted molar refractivity (Wildman–Crippen MR) is 128 cm³/mol. The topological polar surface area (TPSA) is 69.7 Å². The van der Waals surface area contributed by atoms with Crippen molar-refractivity contribution < 1.29 is 18.8 Å². The summed E-state index contributed by atoms with van der Waals surface area (Å²) in [5.41, 5.74) is 3.02. The van der Waals surface area contributed by atoms with Crippen molar-refractivity contribution in [1.29, 1.82) is 0 Å². The SMILES string of the molecule is CC(C)c1ccc(C(NC(=O)C2CC(F)CN2C(=O)C2CCC(=O)N2C)c2ccccc2)cc1. The number of nitrogens with one attached hydrogen (secondary N) is 1. The van der Waals surface area contributed by atoms with E-state index in [0.29, 0.717) is 18.8 Å². The van der Waals surface area contributed by atoms with Crippen LogP contribution in [0.1, 0.15) is 61.8 Å². The number of hydrogen-bond acceptors (Lipinski definition) is 3. The van der Waals surface area contributed by atoms with Crippen LogP contribution in [0.3, 0.4) is 0 Å². The maximum Gasteiger partial charge on any atom is 0.246 e. The van der Waals surface area contributed by atoms with Gasteiger partial charge in [-0.05, 0) is 29.0 Å². The first kappa shape index (κ1) is 23.9. The molecular formula is C27H32FN3O3. The van der Waals surface area contributed by atoms with Gasteiger partial charge in [0, 0.05) is 19.9 Å². The van der Waals surface area contributed by atoms with Crippen LogP contribution in [0.4, 0.5) is 4.39 Å². The molecule has 0 aliphatic carbocycles. The molecule has 6 nitrogen and oxygen atoms in total. The highest BCUT2D eigenvalue weighted by atomic mass is 19.1. The molecule has 2 heterocycles. The van der Waals surface area contributed by atoms with Gasteiger partial charge in [-0.3, -0.25) is 14.4 Å². The van der Waals surface area contributed by atoms with Gasteiger partial charge in [-0.25, -0.2) is 4.39 Å². The molecule has 2 fully saturated rings. The average Bonchev–Trinajstić information content (AvgIpc) is 3.39. The molecule has 4 rings (SSSR count). The maximum atomic E-state index is 14.5. The molecule has 0 spiro atoms. The van der Waals surface area contributed by atoms with Crippen molar-refractivity contribution in [3.8, 4) is 0 Å². The summed E-state index contributed by atoms with van der Waals surface area (Å²) >= 11 is 0. The van der Waals surface area contributed by atoms with Crippen molar-refractivity contribution in [2.75, 3.05) is 13.6 Å². The van der Waals surface area contributed by atoms with Crippen molar-refractivity contribution >= 4 is 17.7 Å². The Kier molecular flexibility index (Phi) is 7.00. The molecule has 0 radical (unpaired) electrons. The number of likely N-dealkylation sites (N-methyl/N-ethyl adjacent to an activating group) is 1. The van der Waals surface area contributed by atoms with Crippen LogP contribution < -0.4 is 5.32 Å². The summed E-state index contributed by atoms with van der Waals surface area (Å²) in [6.07, 6.45) is -0.637. The zero-order valence-corrected chi connectivity index (χ0v) is 19.9. The minimum absolute atomic E-state index is 0.0459. The number of benzene rings is 2. The third-order valence-electron chi connectivity index (χ3n) is 6.97. The number of amides is 3. The molecule has 1 N–H and O–H groups in total. The molecular weight excluding hydrogens is 433 g/mol. The van der Waals surface area contributed by atoms with E-state index in [1.807, 2.05) is 42.5 Å². The summed E-state index contributed by atoms with van der Waals surface area (Å²) in [4.78, 5) is 41.3. The minimum atomic E-state index is -1.28. The first-order chi connectivity index (χ1) is 16.3. The molecule has 7 heteroatoms. The Hall–Kier alpha value is -3.22. The summed E-state index contributed by atoms with van der Waals surface area (Å²) in [6.45, 7) is 4.12. The van der Waals surface area contributed by atoms with E-state index < -0.39 is 24.3 Å². The van der Waals surface area contributed by atoms with Crippen LogP contribution in [-0.4, -0.2) is 59.4 Å². The van der Waals surface area contributed by atoms with Gasteiger partial charge >= 0.3 is 0 Å². The van der Waals surface area contributed by atoms with Crippen molar-refractivity contribution in [1.82, 2.24) is 15.1 Å². The van der Waals surface area contributed by atoms with Gasteiger partial charge in [0.15, 0.2) is 0 Å². The highest BCUT2D eigenvalue weighted by Gasteiger charge is 2.45. The molecule has 4 unspecified atom stereocenters. The zero-order valence-electron chi connectivity index (χ0n) is 19.9. The number of carbonyl (C=O) groups is 3. The molecule has 2 aliphatic heterocycles. The first-order valence-corrected chi connectivity index (χ1v) is 11.9. The van der Waals surface area contributed by atoms with Gasteiger partial charge in [0.1, 0.15) is 18.3 Å². The van der Waals surface area contributed by atoms with Crippen LogP contribution in [0.5, 0.6) is 0 Å². The van der Waals surface area contributed by atoms with Crippen LogP contribution in [0.25, 0.3) is 0 Å². The lowest BCUT2D eigenvalue weighted by Crippen LogP contribution is -2.52. The minimum Gasteiger partial charge on any atom is -0.343 e. The van der Waals surface area contributed by atoms with E-state index >= 15 is 0 Å². The number of alkyl halides is 1. The lowest BCUT2D eigenvalue weighted by Gasteiger charge is -2.30. The molecule has 0 aromatic heterocycles.